The van der Waals surface area contributed by atoms with E-state index in [9.17, 15) is 18.3 Å². The molecule has 7 heteroatoms. The van der Waals surface area contributed by atoms with Gasteiger partial charge in [0.1, 0.15) is 18.5 Å². The van der Waals surface area contributed by atoms with Crippen LogP contribution in [0.1, 0.15) is 37.7 Å². The Morgan fingerprint density at radius 2 is 1.63 bits per heavy atom. The molecule has 0 aromatic heterocycles. The van der Waals surface area contributed by atoms with Gasteiger partial charge in [-0.15, -0.1) is 0 Å². The van der Waals surface area contributed by atoms with Gasteiger partial charge in [0.05, 0.1) is 5.56 Å². The fourth-order valence-electron chi connectivity index (χ4n) is 4.03. The summed E-state index contributed by atoms with van der Waals surface area (Å²) in [5.74, 6) is 0.339. The molecule has 152 valence electrons. The molecule has 0 radical (unpaired) electrons. The van der Waals surface area contributed by atoms with Crippen LogP contribution in [-0.4, -0.2) is 66.4 Å². The Morgan fingerprint density at radius 1 is 1.00 bits per heavy atom. The minimum atomic E-state index is -4.35. The number of rotatable bonds is 6. The van der Waals surface area contributed by atoms with Crippen molar-refractivity contribution in [3.8, 4) is 5.75 Å². The Balaban J connectivity index is 1.36. The number of halogens is 3. The lowest BCUT2D eigenvalue weighted by molar-refractivity contribution is -0.137. The number of aliphatic hydroxyl groups is 1. The lowest BCUT2D eigenvalue weighted by Gasteiger charge is -2.40. The second-order valence-electron chi connectivity index (χ2n) is 7.62. The molecule has 0 unspecified atom stereocenters. The largest absolute Gasteiger partial charge is 0.491 e. The third-order valence-electron chi connectivity index (χ3n) is 5.56. The van der Waals surface area contributed by atoms with Crippen molar-refractivity contribution in [1.82, 2.24) is 9.80 Å². The van der Waals surface area contributed by atoms with Crippen LogP contribution in [0.15, 0.2) is 24.3 Å². The second-order valence-corrected chi connectivity index (χ2v) is 7.62. The van der Waals surface area contributed by atoms with E-state index in [2.05, 4.69) is 9.80 Å². The van der Waals surface area contributed by atoms with E-state index in [1.54, 1.807) is 0 Å². The Kier molecular flexibility index (Phi) is 7.00. The third kappa shape index (κ3) is 6.09. The van der Waals surface area contributed by atoms with Crippen molar-refractivity contribution in [3.05, 3.63) is 29.8 Å². The predicted octanol–water partition coefficient (Wildman–Crippen LogP) is 3.40. The van der Waals surface area contributed by atoms with Gasteiger partial charge in [0.2, 0.25) is 0 Å². The minimum Gasteiger partial charge on any atom is -0.491 e. The Morgan fingerprint density at radius 3 is 2.22 bits per heavy atom. The molecule has 2 aliphatic rings. The van der Waals surface area contributed by atoms with Crippen LogP contribution in [0.2, 0.25) is 0 Å². The molecule has 0 spiro atoms. The predicted molar refractivity (Wildman–Crippen MR) is 97.8 cm³/mol. The molecule has 0 bridgehead atoms. The molecule has 2 heterocycles. The minimum absolute atomic E-state index is 0.0808. The smallest absolute Gasteiger partial charge is 0.416 e. The first-order chi connectivity index (χ1) is 12.9. The van der Waals surface area contributed by atoms with Gasteiger partial charge in [0.25, 0.3) is 0 Å². The van der Waals surface area contributed by atoms with Crippen molar-refractivity contribution in [2.75, 3.05) is 39.3 Å². The van der Waals surface area contributed by atoms with E-state index in [0.29, 0.717) is 18.3 Å². The van der Waals surface area contributed by atoms with Gasteiger partial charge >= 0.3 is 6.18 Å². The lowest BCUT2D eigenvalue weighted by atomic mass is 10.00. The summed E-state index contributed by atoms with van der Waals surface area (Å²) in [4.78, 5) is 4.87. The summed E-state index contributed by atoms with van der Waals surface area (Å²) in [7, 11) is 0. The van der Waals surface area contributed by atoms with Gasteiger partial charge in [-0.3, -0.25) is 0 Å². The summed E-state index contributed by atoms with van der Waals surface area (Å²) < 4.78 is 43.1. The highest BCUT2D eigenvalue weighted by molar-refractivity contribution is 5.28. The molecule has 2 aliphatic heterocycles. The Hall–Kier alpha value is -1.31. The number of β-amino-alcohol motifs (C(OH)–C–C–N with tert-alkyl or cyclic N) is 1. The summed E-state index contributed by atoms with van der Waals surface area (Å²) in [5.41, 5.74) is -0.702. The molecule has 2 saturated heterocycles. The molecule has 2 fully saturated rings. The molecule has 1 N–H and O–H groups in total. The SMILES string of the molecule is O[C@@H](COc1ccc(C(F)(F)F)cc1)CN1CCC(N2CCCCC2)CC1. The number of piperidine rings is 2. The van der Waals surface area contributed by atoms with E-state index in [0.717, 1.165) is 38.1 Å². The maximum absolute atomic E-state index is 12.6. The van der Waals surface area contributed by atoms with Crippen LogP contribution in [0.3, 0.4) is 0 Å². The lowest BCUT2D eigenvalue weighted by Crippen LogP contribution is -2.48. The van der Waals surface area contributed by atoms with E-state index in [1.165, 1.54) is 44.5 Å². The summed E-state index contributed by atoms with van der Waals surface area (Å²) in [6, 6.07) is 5.24. The average Bonchev–Trinajstić information content (AvgIpc) is 2.67. The molecule has 0 saturated carbocycles. The molecule has 1 aromatic rings. The van der Waals surface area contributed by atoms with E-state index in [-0.39, 0.29) is 6.61 Å². The second kappa shape index (κ2) is 9.26. The highest BCUT2D eigenvalue weighted by atomic mass is 19.4. The van der Waals surface area contributed by atoms with Crippen molar-refractivity contribution in [2.45, 2.75) is 50.4 Å². The van der Waals surface area contributed by atoms with Crippen LogP contribution < -0.4 is 4.74 Å². The van der Waals surface area contributed by atoms with Crippen LogP contribution in [0.5, 0.6) is 5.75 Å². The standard InChI is InChI=1S/C20H29F3N2O2/c21-20(22,23)16-4-6-19(7-5-16)27-15-18(26)14-24-12-8-17(9-13-24)25-10-2-1-3-11-25/h4-7,17-18,26H,1-3,8-15H2/t18-/m1/s1. The van der Waals surface area contributed by atoms with Gasteiger partial charge in [-0.25, -0.2) is 0 Å². The zero-order valence-corrected chi connectivity index (χ0v) is 15.6. The Labute approximate surface area is 158 Å². The van der Waals surface area contributed by atoms with Crippen LogP contribution in [-0.2, 0) is 6.18 Å². The number of hydrogen-bond donors (Lipinski definition) is 1. The number of hydrogen-bond acceptors (Lipinski definition) is 4. The van der Waals surface area contributed by atoms with E-state index in [4.69, 9.17) is 4.74 Å². The average molecular weight is 386 g/mol. The summed E-state index contributed by atoms with van der Waals surface area (Å²) in [6.07, 6.45) is 1.22. The maximum atomic E-state index is 12.6. The first-order valence-electron chi connectivity index (χ1n) is 9.86. The quantitative estimate of drug-likeness (QED) is 0.813. The van der Waals surface area contributed by atoms with Crippen molar-refractivity contribution in [2.24, 2.45) is 0 Å². The van der Waals surface area contributed by atoms with Crippen LogP contribution in [0.25, 0.3) is 0 Å². The molecular formula is C20H29F3N2O2. The van der Waals surface area contributed by atoms with E-state index >= 15 is 0 Å². The third-order valence-corrected chi connectivity index (χ3v) is 5.56. The molecule has 1 atom stereocenters. The first-order valence-corrected chi connectivity index (χ1v) is 9.86. The number of benzene rings is 1. The summed E-state index contributed by atoms with van der Waals surface area (Å²) in [6.45, 7) is 4.99. The zero-order chi connectivity index (χ0) is 19.3. The summed E-state index contributed by atoms with van der Waals surface area (Å²) >= 11 is 0. The topological polar surface area (TPSA) is 35.9 Å². The van der Waals surface area contributed by atoms with Crippen LogP contribution in [0, 0.1) is 0 Å². The van der Waals surface area contributed by atoms with Gasteiger partial charge < -0.3 is 19.6 Å². The number of nitrogens with zero attached hydrogens (tertiary/aromatic N) is 2. The number of aliphatic hydroxyl groups excluding tert-OH is 1. The van der Waals surface area contributed by atoms with E-state index < -0.39 is 17.8 Å². The molecule has 0 amide bonds. The number of alkyl halides is 3. The van der Waals surface area contributed by atoms with Crippen LogP contribution in [0.4, 0.5) is 13.2 Å². The highest BCUT2D eigenvalue weighted by Crippen LogP contribution is 2.30. The van der Waals surface area contributed by atoms with Crippen molar-refractivity contribution < 1.29 is 23.0 Å². The van der Waals surface area contributed by atoms with E-state index in [1.807, 2.05) is 0 Å². The van der Waals surface area contributed by atoms with Crippen molar-refractivity contribution in [1.29, 1.82) is 0 Å². The van der Waals surface area contributed by atoms with Crippen LogP contribution >= 0.6 is 0 Å². The normalized spacial score (nSPS) is 21.9. The molecule has 1 aromatic carbocycles. The van der Waals surface area contributed by atoms with Gasteiger partial charge in [0.15, 0.2) is 0 Å². The molecular weight excluding hydrogens is 357 g/mol. The molecule has 3 rings (SSSR count). The first kappa shape index (κ1) is 20.4. The van der Waals surface area contributed by atoms with Gasteiger partial charge in [-0.1, -0.05) is 6.42 Å². The monoisotopic (exact) mass is 386 g/mol. The summed E-state index contributed by atoms with van der Waals surface area (Å²) in [5, 5.41) is 10.2. The molecule has 27 heavy (non-hydrogen) atoms. The fraction of sp³-hybridized carbons (Fsp3) is 0.700. The zero-order valence-electron chi connectivity index (χ0n) is 15.6. The van der Waals surface area contributed by atoms with Crippen molar-refractivity contribution >= 4 is 0 Å². The maximum Gasteiger partial charge on any atom is 0.416 e. The molecule has 0 aliphatic carbocycles. The Bertz CT molecular complexity index is 566. The fourth-order valence-corrected chi connectivity index (χ4v) is 4.03. The van der Waals surface area contributed by atoms with Crippen molar-refractivity contribution in [3.63, 3.8) is 0 Å². The van der Waals surface area contributed by atoms with Gasteiger partial charge in [-0.05, 0) is 76.1 Å². The number of ether oxygens (including phenoxy) is 1. The highest BCUT2D eigenvalue weighted by Gasteiger charge is 2.30. The van der Waals surface area contributed by atoms with Gasteiger partial charge in [-0.2, -0.15) is 13.2 Å². The van der Waals surface area contributed by atoms with Gasteiger partial charge in [0, 0.05) is 12.6 Å². The number of likely N-dealkylation sites (tertiary alicyclic amines) is 2. The molecule has 4 nitrogen and oxygen atoms in total.